The Hall–Kier alpha value is -1.77. The lowest BCUT2D eigenvalue weighted by Gasteiger charge is -2.33. The lowest BCUT2D eigenvalue weighted by Crippen LogP contribution is -2.38. The highest BCUT2D eigenvalue weighted by Gasteiger charge is 2.25. The molecule has 0 fully saturated rings. The second-order valence-electron chi connectivity index (χ2n) is 6.11. The van der Waals surface area contributed by atoms with Crippen LogP contribution >= 0.6 is 0 Å². The quantitative estimate of drug-likeness (QED) is 0.734. The smallest absolute Gasteiger partial charge is 0.260 e. The highest BCUT2D eigenvalue weighted by atomic mass is 16.1. The molecule has 1 aromatic heterocycles. The van der Waals surface area contributed by atoms with E-state index in [9.17, 15) is 4.79 Å². The zero-order valence-electron chi connectivity index (χ0n) is 12.0. The monoisotopic (exact) mass is 268 g/mol. The van der Waals surface area contributed by atoms with Crippen molar-refractivity contribution >= 4 is 16.6 Å². The van der Waals surface area contributed by atoms with E-state index in [1.165, 1.54) is 35.2 Å². The summed E-state index contributed by atoms with van der Waals surface area (Å²) < 4.78 is 2.03. The van der Waals surface area contributed by atoms with Crippen molar-refractivity contribution in [2.45, 2.75) is 39.2 Å². The standard InChI is InChI=1S/C17H20N2O/c1-12-6-7-13-14-5-2-3-8-18-9-4-10-19(16(14)18)17(20)15(13)11-12/h6-7,11H,2-5,8-10H2,1H3. The van der Waals surface area contributed by atoms with Crippen molar-refractivity contribution < 1.29 is 0 Å². The number of aryl methyl sites for hydroxylation is 2. The molecule has 0 aliphatic carbocycles. The summed E-state index contributed by atoms with van der Waals surface area (Å²) in [4.78, 5) is 15.2. The Morgan fingerprint density at radius 2 is 1.85 bits per heavy atom. The first-order valence-electron chi connectivity index (χ1n) is 7.67. The molecule has 104 valence electrons. The SMILES string of the molecule is Cc1ccc2c3c4n(c(=O)c2c1)CCCN4CCCC3. The molecule has 0 unspecified atom stereocenters. The van der Waals surface area contributed by atoms with Crippen molar-refractivity contribution in [3.8, 4) is 0 Å². The van der Waals surface area contributed by atoms with Gasteiger partial charge in [0, 0.05) is 30.6 Å². The fourth-order valence-corrected chi connectivity index (χ4v) is 3.79. The lowest BCUT2D eigenvalue weighted by molar-refractivity contribution is 0.547. The van der Waals surface area contributed by atoms with E-state index in [4.69, 9.17) is 0 Å². The summed E-state index contributed by atoms with van der Waals surface area (Å²) >= 11 is 0. The first-order chi connectivity index (χ1) is 9.75. The molecule has 0 amide bonds. The molecule has 2 aliphatic rings. The third-order valence-corrected chi connectivity index (χ3v) is 4.72. The van der Waals surface area contributed by atoms with Crippen LogP contribution in [0.5, 0.6) is 0 Å². The van der Waals surface area contributed by atoms with Gasteiger partial charge < -0.3 is 4.90 Å². The summed E-state index contributed by atoms with van der Waals surface area (Å²) in [5.74, 6) is 1.22. The number of fused-ring (bicyclic) bond motifs is 2. The van der Waals surface area contributed by atoms with Crippen LogP contribution in [0.4, 0.5) is 5.82 Å². The van der Waals surface area contributed by atoms with Gasteiger partial charge in [-0.25, -0.2) is 0 Å². The van der Waals surface area contributed by atoms with Gasteiger partial charge in [-0.1, -0.05) is 17.7 Å². The lowest BCUT2D eigenvalue weighted by atomic mass is 10.00. The second kappa shape index (κ2) is 4.37. The van der Waals surface area contributed by atoms with Crippen molar-refractivity contribution in [3.05, 3.63) is 39.7 Å². The Balaban J connectivity index is 2.14. The van der Waals surface area contributed by atoms with Crippen LogP contribution in [0.15, 0.2) is 23.0 Å². The molecule has 0 saturated carbocycles. The van der Waals surface area contributed by atoms with Gasteiger partial charge in [0.15, 0.2) is 0 Å². The fraction of sp³-hybridized carbons (Fsp3) is 0.471. The van der Waals surface area contributed by atoms with E-state index >= 15 is 0 Å². The predicted molar refractivity (Wildman–Crippen MR) is 82.7 cm³/mol. The van der Waals surface area contributed by atoms with Crippen LogP contribution in [0.1, 0.15) is 30.4 Å². The van der Waals surface area contributed by atoms with Gasteiger partial charge in [-0.05, 0) is 44.1 Å². The summed E-state index contributed by atoms with van der Waals surface area (Å²) in [5.41, 5.74) is 2.77. The maximum Gasteiger partial charge on any atom is 0.260 e. The molecule has 0 atom stereocenters. The van der Waals surface area contributed by atoms with Gasteiger partial charge in [0.2, 0.25) is 0 Å². The Bertz CT molecular complexity index is 745. The minimum atomic E-state index is 0.203. The molecule has 2 aliphatic heterocycles. The molecule has 0 N–H and O–H groups in total. The van der Waals surface area contributed by atoms with E-state index in [1.807, 2.05) is 4.57 Å². The largest absolute Gasteiger partial charge is 0.358 e. The molecule has 0 spiro atoms. The highest BCUT2D eigenvalue weighted by molar-refractivity contribution is 5.89. The van der Waals surface area contributed by atoms with E-state index in [0.29, 0.717) is 0 Å². The second-order valence-corrected chi connectivity index (χ2v) is 6.11. The van der Waals surface area contributed by atoms with Crippen LogP contribution in [0.2, 0.25) is 0 Å². The predicted octanol–water partition coefficient (Wildman–Crippen LogP) is 2.86. The van der Waals surface area contributed by atoms with Gasteiger partial charge in [0.05, 0.1) is 0 Å². The third-order valence-electron chi connectivity index (χ3n) is 4.72. The van der Waals surface area contributed by atoms with E-state index in [-0.39, 0.29) is 5.56 Å². The molecule has 0 radical (unpaired) electrons. The molecule has 20 heavy (non-hydrogen) atoms. The maximum absolute atomic E-state index is 12.8. The third kappa shape index (κ3) is 1.62. The van der Waals surface area contributed by atoms with Crippen LogP contribution in [0.3, 0.4) is 0 Å². The number of anilines is 1. The number of rotatable bonds is 0. The number of hydrogen-bond acceptors (Lipinski definition) is 2. The molecule has 3 nitrogen and oxygen atoms in total. The van der Waals surface area contributed by atoms with Crippen LogP contribution in [-0.2, 0) is 13.0 Å². The van der Waals surface area contributed by atoms with Crippen LogP contribution in [0.25, 0.3) is 10.8 Å². The normalized spacial score (nSPS) is 17.9. The summed E-state index contributed by atoms with van der Waals surface area (Å²) in [6.07, 6.45) is 4.65. The van der Waals surface area contributed by atoms with Crippen molar-refractivity contribution in [2.24, 2.45) is 0 Å². The molecule has 4 rings (SSSR count). The Morgan fingerprint density at radius 3 is 2.75 bits per heavy atom. The number of nitrogens with zero attached hydrogens (tertiary/aromatic N) is 2. The highest BCUT2D eigenvalue weighted by Crippen LogP contribution is 2.33. The number of hydrogen-bond donors (Lipinski definition) is 0. The van der Waals surface area contributed by atoms with Crippen LogP contribution in [-0.4, -0.2) is 17.7 Å². The van der Waals surface area contributed by atoms with Crippen molar-refractivity contribution in [3.63, 3.8) is 0 Å². The van der Waals surface area contributed by atoms with Crippen molar-refractivity contribution in [2.75, 3.05) is 18.0 Å². The number of pyridine rings is 1. The van der Waals surface area contributed by atoms with E-state index in [0.717, 1.165) is 37.9 Å². The molecular weight excluding hydrogens is 248 g/mol. The van der Waals surface area contributed by atoms with Crippen molar-refractivity contribution in [1.29, 1.82) is 0 Å². The summed E-state index contributed by atoms with van der Waals surface area (Å²) in [6.45, 7) is 5.14. The number of aromatic nitrogens is 1. The average Bonchev–Trinajstić information content (AvgIpc) is 2.68. The van der Waals surface area contributed by atoms with Crippen LogP contribution < -0.4 is 10.5 Å². The van der Waals surface area contributed by atoms with E-state index < -0.39 is 0 Å². The van der Waals surface area contributed by atoms with Gasteiger partial charge in [0.25, 0.3) is 5.56 Å². The maximum atomic E-state index is 12.8. The van der Waals surface area contributed by atoms with Gasteiger partial charge in [0.1, 0.15) is 5.82 Å². The average molecular weight is 268 g/mol. The molecule has 3 heterocycles. The molecule has 3 heteroatoms. The minimum absolute atomic E-state index is 0.203. The Labute approximate surface area is 118 Å². The van der Waals surface area contributed by atoms with Gasteiger partial charge in [-0.15, -0.1) is 0 Å². The van der Waals surface area contributed by atoms with E-state index in [2.05, 4.69) is 30.0 Å². The van der Waals surface area contributed by atoms with Crippen LogP contribution in [0, 0.1) is 6.92 Å². The number of benzene rings is 1. The fourth-order valence-electron chi connectivity index (χ4n) is 3.79. The molecular formula is C17H20N2O. The van der Waals surface area contributed by atoms with Gasteiger partial charge >= 0.3 is 0 Å². The zero-order valence-corrected chi connectivity index (χ0v) is 12.0. The van der Waals surface area contributed by atoms with Gasteiger partial charge in [-0.2, -0.15) is 0 Å². The summed E-state index contributed by atoms with van der Waals surface area (Å²) in [6, 6.07) is 6.35. The molecule has 0 saturated heterocycles. The first kappa shape index (κ1) is 12.0. The Kier molecular flexibility index (Phi) is 2.62. The van der Waals surface area contributed by atoms with E-state index in [1.54, 1.807) is 0 Å². The minimum Gasteiger partial charge on any atom is -0.358 e. The first-order valence-corrected chi connectivity index (χ1v) is 7.67. The topological polar surface area (TPSA) is 25.2 Å². The summed E-state index contributed by atoms with van der Waals surface area (Å²) in [7, 11) is 0. The van der Waals surface area contributed by atoms with Crippen molar-refractivity contribution in [1.82, 2.24) is 4.57 Å². The summed E-state index contributed by atoms with van der Waals surface area (Å²) in [5, 5.41) is 2.09. The Morgan fingerprint density at radius 1 is 1.00 bits per heavy atom. The molecule has 1 aromatic carbocycles. The molecule has 0 bridgehead atoms. The zero-order chi connectivity index (χ0) is 13.7. The van der Waals surface area contributed by atoms with Gasteiger partial charge in [-0.3, -0.25) is 9.36 Å². The molecule has 2 aromatic rings.